The number of amides is 1. The van der Waals surface area contributed by atoms with Crippen molar-refractivity contribution in [2.24, 2.45) is 0 Å². The molecule has 1 aromatic heterocycles. The maximum absolute atomic E-state index is 12.9. The zero-order valence-corrected chi connectivity index (χ0v) is 17.1. The second-order valence-electron chi connectivity index (χ2n) is 6.30. The monoisotopic (exact) mass is 410 g/mol. The van der Waals surface area contributed by atoms with Gasteiger partial charge in [-0.05, 0) is 49.7 Å². The molecule has 3 rings (SSSR count). The van der Waals surface area contributed by atoms with Gasteiger partial charge in [-0.25, -0.2) is 4.98 Å². The fourth-order valence-corrected chi connectivity index (χ4v) is 3.92. The number of carbonyl (C=O) groups is 2. The van der Waals surface area contributed by atoms with E-state index in [0.29, 0.717) is 26.9 Å². The van der Waals surface area contributed by atoms with Crippen molar-refractivity contribution in [3.8, 4) is 0 Å². The van der Waals surface area contributed by atoms with Crippen molar-refractivity contribution in [2.75, 3.05) is 11.1 Å². The van der Waals surface area contributed by atoms with Gasteiger partial charge in [-0.3, -0.25) is 9.59 Å². The fourth-order valence-electron chi connectivity index (χ4n) is 2.75. The summed E-state index contributed by atoms with van der Waals surface area (Å²) < 4.78 is 0. The van der Waals surface area contributed by atoms with E-state index in [1.54, 1.807) is 36.4 Å². The van der Waals surface area contributed by atoms with Crippen LogP contribution in [0.15, 0.2) is 65.7 Å². The number of carbonyl (C=O) groups excluding carboxylic acids is 2. The number of ketones is 1. The number of aromatic nitrogens is 1. The number of thioether (sulfide) groups is 1. The number of aryl methyl sites for hydroxylation is 2. The van der Waals surface area contributed by atoms with Crippen LogP contribution in [0.4, 0.5) is 5.69 Å². The highest BCUT2D eigenvalue weighted by molar-refractivity contribution is 8.00. The minimum absolute atomic E-state index is 0.00406. The van der Waals surface area contributed by atoms with Crippen LogP contribution in [0.25, 0.3) is 0 Å². The molecule has 0 spiro atoms. The minimum atomic E-state index is -0.262. The first-order valence-electron chi connectivity index (χ1n) is 8.70. The zero-order valence-electron chi connectivity index (χ0n) is 15.5. The van der Waals surface area contributed by atoms with E-state index in [4.69, 9.17) is 11.6 Å². The lowest BCUT2D eigenvalue weighted by atomic mass is 10.1. The lowest BCUT2D eigenvalue weighted by molar-refractivity contribution is 0.101. The molecular weight excluding hydrogens is 392 g/mol. The number of nitrogens with zero attached hydrogens (tertiary/aromatic N) is 1. The predicted molar refractivity (Wildman–Crippen MR) is 115 cm³/mol. The lowest BCUT2D eigenvalue weighted by Gasteiger charge is -2.13. The molecule has 142 valence electrons. The van der Waals surface area contributed by atoms with Crippen LogP contribution in [-0.2, 0) is 0 Å². The minimum Gasteiger partial charge on any atom is -0.322 e. The van der Waals surface area contributed by atoms with Crippen LogP contribution in [0.1, 0.15) is 32.0 Å². The van der Waals surface area contributed by atoms with Gasteiger partial charge < -0.3 is 5.32 Å². The topological polar surface area (TPSA) is 59.1 Å². The number of pyridine rings is 1. The third-order valence-electron chi connectivity index (χ3n) is 4.08. The molecule has 1 heterocycles. The van der Waals surface area contributed by atoms with Gasteiger partial charge >= 0.3 is 0 Å². The molecule has 0 atom stereocenters. The highest BCUT2D eigenvalue weighted by Gasteiger charge is 2.19. The SMILES string of the molecule is Cc1cc(C)c(C(=O)Nc2ccc(Cl)cc2)c(SCC(=O)c2ccccc2)n1. The Kier molecular flexibility index (Phi) is 6.49. The summed E-state index contributed by atoms with van der Waals surface area (Å²) in [5, 5.41) is 4.02. The van der Waals surface area contributed by atoms with Gasteiger partial charge in [0, 0.05) is 22.0 Å². The molecule has 3 aromatic rings. The normalized spacial score (nSPS) is 10.5. The van der Waals surface area contributed by atoms with Gasteiger partial charge in [-0.15, -0.1) is 0 Å². The van der Waals surface area contributed by atoms with Gasteiger partial charge in [-0.1, -0.05) is 53.7 Å². The van der Waals surface area contributed by atoms with Crippen molar-refractivity contribution in [3.05, 3.63) is 88.1 Å². The summed E-state index contributed by atoms with van der Waals surface area (Å²) in [7, 11) is 0. The molecule has 0 aliphatic carbocycles. The average molecular weight is 411 g/mol. The average Bonchev–Trinajstić information content (AvgIpc) is 2.68. The first-order valence-corrected chi connectivity index (χ1v) is 10.1. The Morgan fingerprint density at radius 1 is 1.04 bits per heavy atom. The summed E-state index contributed by atoms with van der Waals surface area (Å²) >= 11 is 7.17. The Morgan fingerprint density at radius 2 is 1.71 bits per heavy atom. The second-order valence-corrected chi connectivity index (χ2v) is 7.70. The highest BCUT2D eigenvalue weighted by atomic mass is 35.5. The van der Waals surface area contributed by atoms with Gasteiger partial charge in [-0.2, -0.15) is 0 Å². The third kappa shape index (κ3) is 5.00. The van der Waals surface area contributed by atoms with Crippen LogP contribution in [0.5, 0.6) is 0 Å². The smallest absolute Gasteiger partial charge is 0.258 e. The first kappa shape index (κ1) is 20.1. The molecule has 2 aromatic carbocycles. The number of benzene rings is 2. The van der Waals surface area contributed by atoms with Gasteiger partial charge in [0.25, 0.3) is 5.91 Å². The van der Waals surface area contributed by atoms with E-state index in [0.717, 1.165) is 11.3 Å². The Labute approximate surface area is 173 Å². The van der Waals surface area contributed by atoms with E-state index in [1.807, 2.05) is 38.1 Å². The predicted octanol–water partition coefficient (Wildman–Crippen LogP) is 5.58. The zero-order chi connectivity index (χ0) is 20.1. The van der Waals surface area contributed by atoms with Crippen LogP contribution in [0.3, 0.4) is 0 Å². The van der Waals surface area contributed by atoms with Gasteiger partial charge in [0.2, 0.25) is 0 Å². The van der Waals surface area contributed by atoms with Crippen molar-refractivity contribution >= 4 is 40.7 Å². The lowest BCUT2D eigenvalue weighted by Crippen LogP contribution is -2.16. The summed E-state index contributed by atoms with van der Waals surface area (Å²) in [5.41, 5.74) is 3.38. The van der Waals surface area contributed by atoms with E-state index in [2.05, 4.69) is 10.3 Å². The van der Waals surface area contributed by atoms with E-state index in [-0.39, 0.29) is 17.4 Å². The summed E-state index contributed by atoms with van der Waals surface area (Å²) in [6, 6.07) is 17.9. The van der Waals surface area contributed by atoms with Crippen molar-refractivity contribution in [3.63, 3.8) is 0 Å². The summed E-state index contributed by atoms with van der Waals surface area (Å²) in [6.45, 7) is 3.74. The summed E-state index contributed by atoms with van der Waals surface area (Å²) in [6.07, 6.45) is 0. The largest absolute Gasteiger partial charge is 0.322 e. The summed E-state index contributed by atoms with van der Waals surface area (Å²) in [4.78, 5) is 29.8. The molecule has 0 radical (unpaired) electrons. The molecule has 0 saturated heterocycles. The number of hydrogen-bond acceptors (Lipinski definition) is 4. The van der Waals surface area contributed by atoms with Crippen molar-refractivity contribution in [2.45, 2.75) is 18.9 Å². The van der Waals surface area contributed by atoms with Crippen LogP contribution in [0.2, 0.25) is 5.02 Å². The standard InChI is InChI=1S/C22H19ClN2O2S/c1-14-12-15(2)24-22(28-13-19(26)16-6-4-3-5-7-16)20(14)21(27)25-18-10-8-17(23)9-11-18/h3-12H,13H2,1-2H3,(H,25,27). The molecule has 0 unspecified atom stereocenters. The van der Waals surface area contributed by atoms with Gasteiger partial charge in [0.1, 0.15) is 5.03 Å². The maximum Gasteiger partial charge on any atom is 0.258 e. The Hall–Kier alpha value is -2.63. The fraction of sp³-hybridized carbons (Fsp3) is 0.136. The van der Waals surface area contributed by atoms with Crippen LogP contribution in [0, 0.1) is 13.8 Å². The molecule has 0 saturated carbocycles. The Bertz CT molecular complexity index is 1010. The number of rotatable bonds is 6. The molecule has 4 nitrogen and oxygen atoms in total. The van der Waals surface area contributed by atoms with Gasteiger partial charge in [0.15, 0.2) is 5.78 Å². The van der Waals surface area contributed by atoms with Crippen LogP contribution >= 0.6 is 23.4 Å². The molecule has 0 bridgehead atoms. The highest BCUT2D eigenvalue weighted by Crippen LogP contribution is 2.26. The molecule has 1 amide bonds. The Balaban J connectivity index is 1.81. The number of nitrogens with one attached hydrogen (secondary N) is 1. The van der Waals surface area contributed by atoms with E-state index in [9.17, 15) is 9.59 Å². The quantitative estimate of drug-likeness (QED) is 0.425. The van der Waals surface area contributed by atoms with Crippen LogP contribution < -0.4 is 5.32 Å². The van der Waals surface area contributed by atoms with Crippen LogP contribution in [-0.4, -0.2) is 22.4 Å². The van der Waals surface area contributed by atoms with E-state index >= 15 is 0 Å². The molecule has 6 heteroatoms. The molecule has 1 N–H and O–H groups in total. The second kappa shape index (κ2) is 9.04. The summed E-state index contributed by atoms with van der Waals surface area (Å²) in [5.74, 6) is -0.0567. The molecular formula is C22H19ClN2O2S. The molecule has 28 heavy (non-hydrogen) atoms. The van der Waals surface area contributed by atoms with Crippen molar-refractivity contribution in [1.29, 1.82) is 0 Å². The molecule has 0 fully saturated rings. The first-order chi connectivity index (χ1) is 13.4. The number of Topliss-reactive ketones (excluding diaryl/α,β-unsaturated/α-hetero) is 1. The number of anilines is 1. The van der Waals surface area contributed by atoms with Gasteiger partial charge in [0.05, 0.1) is 11.3 Å². The van der Waals surface area contributed by atoms with Crippen molar-refractivity contribution < 1.29 is 9.59 Å². The maximum atomic E-state index is 12.9. The van der Waals surface area contributed by atoms with E-state index in [1.165, 1.54) is 11.8 Å². The van der Waals surface area contributed by atoms with Crippen molar-refractivity contribution in [1.82, 2.24) is 4.98 Å². The molecule has 0 aliphatic rings. The number of hydrogen-bond donors (Lipinski definition) is 1. The molecule has 0 aliphatic heterocycles. The third-order valence-corrected chi connectivity index (χ3v) is 5.30. The number of halogens is 1. The Morgan fingerprint density at radius 3 is 2.39 bits per heavy atom. The van der Waals surface area contributed by atoms with E-state index < -0.39 is 0 Å².